The third-order valence-electron chi connectivity index (χ3n) is 14.2. The molecule has 37 nitrogen and oxygen atoms in total. The van der Waals surface area contributed by atoms with Crippen LogP contribution in [0, 0.1) is 0 Å². The van der Waals surface area contributed by atoms with Gasteiger partial charge in [-0.2, -0.15) is 0 Å². The van der Waals surface area contributed by atoms with Gasteiger partial charge in [0.2, 0.25) is 88.6 Å². The zero-order valence-corrected chi connectivity index (χ0v) is 49.8. The number of H-pyrrole nitrogens is 2. The van der Waals surface area contributed by atoms with Crippen LogP contribution in [0.25, 0.3) is 21.8 Å². The highest BCUT2D eigenvalue weighted by molar-refractivity contribution is 6.02. The predicted octanol–water partition coefficient (Wildman–Crippen LogP) is -8.38. The van der Waals surface area contributed by atoms with E-state index in [4.69, 9.17) is 28.7 Å². The highest BCUT2D eigenvalue weighted by Gasteiger charge is 2.37. The van der Waals surface area contributed by atoms with Crippen molar-refractivity contribution in [2.45, 2.75) is 132 Å². The predicted molar refractivity (Wildman–Crippen MR) is 320 cm³/mol. The molecule has 4 aromatic rings. The Kier molecular flexibility index (Phi) is 26.3. The van der Waals surface area contributed by atoms with Crippen molar-refractivity contribution in [1.29, 1.82) is 0 Å². The number of carboxylic acids is 2. The summed E-state index contributed by atoms with van der Waals surface area (Å²) in [5.41, 5.74) is 29.5. The van der Waals surface area contributed by atoms with Gasteiger partial charge in [-0.15, -0.1) is 0 Å². The van der Waals surface area contributed by atoms with Crippen LogP contribution < -0.4 is 87.2 Å². The van der Waals surface area contributed by atoms with Crippen molar-refractivity contribution in [3.8, 4) is 0 Å². The highest BCUT2D eigenvalue weighted by atomic mass is 16.4. The summed E-state index contributed by atoms with van der Waals surface area (Å²) in [6.07, 6.45) is -3.77. The summed E-state index contributed by atoms with van der Waals surface area (Å²) in [5, 5.41) is 45.5. The standard InChI is InChI=1S/C56H72N18O19/c1-24(66-53(90)37(18-41(59)76)73-56(93)39-22-64-49(86)29(57)16-43(78)68-36(15-26-21-63-31-9-5-3-7-28(26)31)54(91)72-38(19-42(60)77)55(92)74-39)48(85)69-32(10-12-45(80)81)51(88)70-33(11-13-46(82)83)52(89)71-35(14-25-20-62-30-8-4-2-6-27(25)30)50(87)65-23-44(79)67-34(47(61)84)17-40(58)75/h2-9,20-21,24,29,32-39,62-63H,10-19,22-23,57H2,1H3,(H2,58,75)(H2,59,76)(H2,60,77)(H2,61,84)(H,64,86)(H,65,87)(H,66,90)(H,67,79)(H,68,78)(H,69,85)(H,70,88)(H,71,89)(H,72,91)(H,73,93)(H,74,92)(H,80,81)(H,82,83)/t24-,29-,32-,33-,34-,35-,36-,37-,38-,39-/m0/s1. The van der Waals surface area contributed by atoms with Crippen LogP contribution >= 0.6 is 0 Å². The first-order chi connectivity index (χ1) is 43.9. The Balaban J connectivity index is 1.33. The lowest BCUT2D eigenvalue weighted by Crippen LogP contribution is -2.63. The van der Waals surface area contributed by atoms with Gasteiger partial charge in [0, 0.05) is 66.4 Å². The van der Waals surface area contributed by atoms with E-state index in [9.17, 15) is 91.7 Å². The minimum Gasteiger partial charge on any atom is -0.481 e. The van der Waals surface area contributed by atoms with Gasteiger partial charge in [0.15, 0.2) is 0 Å². The molecule has 2 aromatic carbocycles. The molecular weight excluding hydrogens is 1230 g/mol. The fraction of sp³-hybridized carbons (Fsp3) is 0.411. The minimum atomic E-state index is -2.02. The molecule has 0 saturated carbocycles. The first-order valence-corrected chi connectivity index (χ1v) is 28.6. The Bertz CT molecular complexity index is 3550. The molecule has 0 aliphatic carbocycles. The van der Waals surface area contributed by atoms with Crippen molar-refractivity contribution < 1.29 is 91.7 Å². The first kappa shape index (κ1) is 72.2. The molecule has 1 aliphatic heterocycles. The summed E-state index contributed by atoms with van der Waals surface area (Å²) in [4.78, 5) is 229. The SMILES string of the molecule is C[C@H](NC(=O)[C@H](CC(N)=O)NC(=O)[C@@H]1CNC(=O)[C@@H](N)CC(=O)N[C@@H](Cc2c[nH]c3ccccc23)C(=O)N[C@@H](CC(N)=O)C(=O)N1)C(=O)N[C@@H](CCC(=O)O)C(=O)N[C@@H](CCC(=O)O)C(=O)N[C@@H](Cc1c[nH]c2ccccc12)C(=O)NCC(=O)N[C@@H](CC(N)=O)C(N)=O. The molecular formula is C56H72N18O19. The Morgan fingerprint density at radius 1 is 0.559 bits per heavy atom. The van der Waals surface area contributed by atoms with Crippen LogP contribution in [0.2, 0.25) is 0 Å². The van der Waals surface area contributed by atoms with E-state index in [2.05, 4.69) is 68.5 Å². The number of carbonyl (C=O) groups is 17. The van der Waals surface area contributed by atoms with E-state index in [-0.39, 0.29) is 12.8 Å². The molecule has 2 aromatic heterocycles. The van der Waals surface area contributed by atoms with Gasteiger partial charge in [-0.1, -0.05) is 36.4 Å². The molecule has 0 spiro atoms. The number of rotatable bonds is 31. The number of nitrogens with one attached hydrogen (secondary N) is 13. The molecule has 93 heavy (non-hydrogen) atoms. The van der Waals surface area contributed by atoms with Crippen LogP contribution in [0.4, 0.5) is 0 Å². The minimum absolute atomic E-state index is 0.194. The number of primary amides is 4. The van der Waals surface area contributed by atoms with Gasteiger partial charge in [0.25, 0.3) is 0 Å². The zero-order valence-electron chi connectivity index (χ0n) is 49.8. The molecule has 25 N–H and O–H groups in total. The summed E-state index contributed by atoms with van der Waals surface area (Å²) >= 11 is 0. The van der Waals surface area contributed by atoms with Crippen molar-refractivity contribution in [3.63, 3.8) is 0 Å². The maximum absolute atomic E-state index is 14.2. The number of carbonyl (C=O) groups excluding carboxylic acids is 15. The first-order valence-electron chi connectivity index (χ1n) is 28.6. The number of carboxylic acid groups (broad SMARTS) is 2. The molecule has 10 atom stereocenters. The van der Waals surface area contributed by atoms with E-state index >= 15 is 0 Å². The second kappa shape index (κ2) is 33.9. The smallest absolute Gasteiger partial charge is 0.303 e. The van der Waals surface area contributed by atoms with Crippen molar-refractivity contribution >= 4 is 122 Å². The van der Waals surface area contributed by atoms with E-state index in [1.54, 1.807) is 54.7 Å². The third-order valence-corrected chi connectivity index (χ3v) is 14.2. The Labute approximate surface area is 526 Å². The number of fused-ring (bicyclic) bond motifs is 2. The monoisotopic (exact) mass is 1300 g/mol. The topological polar surface area (TPSA) is 625 Å². The van der Waals surface area contributed by atoms with Crippen molar-refractivity contribution in [1.82, 2.24) is 68.5 Å². The van der Waals surface area contributed by atoms with E-state index < -0.39 is 225 Å². The van der Waals surface area contributed by atoms with E-state index in [0.29, 0.717) is 32.9 Å². The average Bonchev–Trinajstić information content (AvgIpc) is 1.88. The molecule has 3 heterocycles. The molecule has 0 unspecified atom stereocenters. The number of aliphatic carboxylic acids is 2. The molecule has 0 bridgehead atoms. The second-order valence-corrected chi connectivity index (χ2v) is 21.5. The number of hydrogen-bond donors (Lipinski definition) is 20. The summed E-state index contributed by atoms with van der Waals surface area (Å²) in [7, 11) is 0. The third kappa shape index (κ3) is 22.5. The van der Waals surface area contributed by atoms with Crippen LogP contribution in [0.3, 0.4) is 0 Å². The number of benzene rings is 2. The van der Waals surface area contributed by atoms with Crippen LogP contribution in [0.15, 0.2) is 60.9 Å². The van der Waals surface area contributed by atoms with Crippen molar-refractivity contribution in [3.05, 3.63) is 72.1 Å². The van der Waals surface area contributed by atoms with Crippen LogP contribution in [-0.2, 0) is 94.3 Å². The maximum atomic E-state index is 14.2. The van der Waals surface area contributed by atoms with E-state index in [1.807, 2.05) is 0 Å². The number of hydrogen-bond acceptors (Lipinski definition) is 18. The lowest BCUT2D eigenvalue weighted by molar-refractivity contribution is -0.140. The van der Waals surface area contributed by atoms with Gasteiger partial charge in [-0.25, -0.2) is 0 Å². The van der Waals surface area contributed by atoms with E-state index in [1.165, 1.54) is 6.20 Å². The average molecular weight is 1300 g/mol. The Hall–Kier alpha value is -11.5. The van der Waals surface area contributed by atoms with Gasteiger partial charge in [0.05, 0.1) is 38.3 Å². The lowest BCUT2D eigenvalue weighted by Gasteiger charge is -2.28. The molecule has 37 heteroatoms. The maximum Gasteiger partial charge on any atom is 0.303 e. The van der Waals surface area contributed by atoms with Crippen LogP contribution in [-0.4, -0.2) is 194 Å². The quantitative estimate of drug-likeness (QED) is 0.0222. The highest BCUT2D eigenvalue weighted by Crippen LogP contribution is 2.21. The molecule has 1 aliphatic rings. The van der Waals surface area contributed by atoms with Crippen LogP contribution in [0.1, 0.15) is 69.4 Å². The van der Waals surface area contributed by atoms with Gasteiger partial charge in [-0.05, 0) is 43.0 Å². The number of aromatic nitrogens is 2. The van der Waals surface area contributed by atoms with E-state index in [0.717, 1.165) is 6.92 Å². The molecule has 1 saturated heterocycles. The largest absolute Gasteiger partial charge is 0.481 e. The van der Waals surface area contributed by atoms with Gasteiger partial charge in [0.1, 0.15) is 54.4 Å². The van der Waals surface area contributed by atoms with Crippen molar-refractivity contribution in [2.75, 3.05) is 13.1 Å². The zero-order chi connectivity index (χ0) is 68.8. The summed E-state index contributed by atoms with van der Waals surface area (Å²) in [6, 6.07) is -3.94. The fourth-order valence-corrected chi connectivity index (χ4v) is 9.44. The van der Waals surface area contributed by atoms with Gasteiger partial charge < -0.3 is 107 Å². The van der Waals surface area contributed by atoms with Crippen molar-refractivity contribution in [2.24, 2.45) is 28.7 Å². The number of para-hydroxylation sites is 2. The molecule has 1 fully saturated rings. The molecule has 500 valence electrons. The summed E-state index contributed by atoms with van der Waals surface area (Å²) < 4.78 is 0. The summed E-state index contributed by atoms with van der Waals surface area (Å²) in [5.74, 6) is -20.2. The summed E-state index contributed by atoms with van der Waals surface area (Å²) in [6.45, 7) is -0.690. The lowest BCUT2D eigenvalue weighted by atomic mass is 10.0. The van der Waals surface area contributed by atoms with Gasteiger partial charge in [-0.3, -0.25) is 81.5 Å². The number of aromatic amines is 2. The second-order valence-electron chi connectivity index (χ2n) is 21.5. The normalized spacial score (nSPS) is 18.0. The molecule has 5 rings (SSSR count). The Morgan fingerprint density at radius 3 is 1.63 bits per heavy atom. The number of amides is 15. The number of nitrogens with two attached hydrogens (primary N) is 5. The molecule has 15 amide bonds. The van der Waals surface area contributed by atoms with Gasteiger partial charge >= 0.3 is 11.9 Å². The van der Waals surface area contributed by atoms with Crippen LogP contribution in [0.5, 0.6) is 0 Å². The molecule has 0 radical (unpaired) electrons. The fourth-order valence-electron chi connectivity index (χ4n) is 9.44. The Morgan fingerprint density at radius 2 is 1.08 bits per heavy atom.